The molecule has 1 saturated heterocycles. The van der Waals surface area contributed by atoms with Crippen LogP contribution in [0.1, 0.15) is 142 Å². The second-order valence-corrected chi connectivity index (χ2v) is 25.9. The molecule has 1 fully saturated rings. The highest BCUT2D eigenvalue weighted by Crippen LogP contribution is 2.13. The van der Waals surface area contributed by atoms with E-state index < -0.39 is 163 Å². The van der Waals surface area contributed by atoms with Crippen LogP contribution >= 0.6 is 0 Å². The van der Waals surface area contributed by atoms with Crippen molar-refractivity contribution in [1.82, 2.24) is 74.4 Å². The molecular formula is C69H114N18O16. The largest absolute Gasteiger partial charge is 0.445 e. The van der Waals surface area contributed by atoms with Crippen molar-refractivity contribution in [3.63, 3.8) is 0 Å². The van der Waals surface area contributed by atoms with Gasteiger partial charge in [-0.05, 0) is 128 Å². The fourth-order valence-corrected chi connectivity index (χ4v) is 10.8. The number of aliphatic hydroxyl groups is 2. The van der Waals surface area contributed by atoms with Crippen molar-refractivity contribution in [2.75, 3.05) is 58.9 Å². The molecule has 0 radical (unpaired) electrons. The van der Waals surface area contributed by atoms with Crippen LogP contribution in [0.4, 0.5) is 4.79 Å². The number of nitrogens with two attached hydrogens (primary N) is 4. The molecule has 0 unspecified atom stereocenters. The molecule has 0 bridgehead atoms. The van der Waals surface area contributed by atoms with Gasteiger partial charge in [-0.1, -0.05) is 107 Å². The van der Waals surface area contributed by atoms with E-state index in [1.165, 1.54) is 13.8 Å². The fourth-order valence-electron chi connectivity index (χ4n) is 10.8. The smallest absolute Gasteiger partial charge is 0.407 e. The topological polar surface area (TPSA) is 544 Å². The molecular weight excluding hydrogens is 1340 g/mol. The molecule has 13 amide bonds. The molecule has 0 saturated carbocycles. The van der Waals surface area contributed by atoms with Gasteiger partial charge in [-0.3, -0.25) is 57.5 Å². The van der Waals surface area contributed by atoms with Gasteiger partial charge in [0.05, 0.1) is 18.8 Å². The van der Waals surface area contributed by atoms with E-state index in [0.29, 0.717) is 37.9 Å². The Balaban J connectivity index is 2.02. The van der Waals surface area contributed by atoms with Crippen LogP contribution in [-0.2, 0) is 75.3 Å². The van der Waals surface area contributed by atoms with Crippen molar-refractivity contribution in [3.8, 4) is 0 Å². The zero-order valence-corrected chi connectivity index (χ0v) is 60.1. The Hall–Kier alpha value is -8.93. The highest BCUT2D eigenvalue weighted by atomic mass is 16.5. The molecule has 576 valence electrons. The van der Waals surface area contributed by atoms with E-state index in [9.17, 15) is 72.5 Å². The molecule has 2 aromatic carbocycles. The molecule has 1 aliphatic rings. The van der Waals surface area contributed by atoms with Gasteiger partial charge in [0.1, 0.15) is 67.0 Å². The molecule has 0 aromatic heterocycles. The number of ether oxygens (including phenoxy) is 1. The van der Waals surface area contributed by atoms with E-state index in [-0.39, 0.29) is 103 Å². The molecule has 0 spiro atoms. The fraction of sp³-hybridized carbons (Fsp3) is 0.638. The van der Waals surface area contributed by atoms with Gasteiger partial charge in [-0.15, -0.1) is 0 Å². The van der Waals surface area contributed by atoms with Crippen molar-refractivity contribution < 1.29 is 77.3 Å². The van der Waals surface area contributed by atoms with Crippen molar-refractivity contribution in [1.29, 1.82) is 0 Å². The number of carbonyl (C=O) groups is 13. The summed E-state index contributed by atoms with van der Waals surface area (Å²) in [5.41, 5.74) is 25.1. The minimum atomic E-state index is -1.79. The van der Waals surface area contributed by atoms with E-state index in [4.69, 9.17) is 27.7 Å². The van der Waals surface area contributed by atoms with Crippen LogP contribution in [0, 0.1) is 5.92 Å². The van der Waals surface area contributed by atoms with E-state index in [1.54, 1.807) is 44.2 Å². The van der Waals surface area contributed by atoms with Crippen LogP contribution in [0.5, 0.6) is 0 Å². The predicted molar refractivity (Wildman–Crippen MR) is 382 cm³/mol. The second kappa shape index (κ2) is 49.6. The molecule has 0 aliphatic carbocycles. The Morgan fingerprint density at radius 2 is 1.07 bits per heavy atom. The maximum absolute atomic E-state index is 14.7. The number of hydrogen-bond acceptors (Lipinski definition) is 21. The van der Waals surface area contributed by atoms with Crippen LogP contribution in [0.2, 0.25) is 0 Å². The normalized spacial score (nSPS) is 20.4. The van der Waals surface area contributed by atoms with Gasteiger partial charge in [0, 0.05) is 32.5 Å². The summed E-state index contributed by atoms with van der Waals surface area (Å²) in [6.07, 6.45) is -0.0880. The average Bonchev–Trinajstić information content (AvgIpc) is 1.13. The molecule has 12 atom stereocenters. The van der Waals surface area contributed by atoms with Gasteiger partial charge in [0.15, 0.2) is 0 Å². The average molecular weight is 1450 g/mol. The van der Waals surface area contributed by atoms with Crippen LogP contribution in [0.25, 0.3) is 0 Å². The number of amides is 13. The lowest BCUT2D eigenvalue weighted by Crippen LogP contribution is -2.62. The lowest BCUT2D eigenvalue weighted by atomic mass is 10.00. The standard InChI is InChI=1S/C69H114N18O16/c1-6-7-8-9-16-23-55(90)78-47(24-30-70)63(96)87-58(44(5)89)68(101)83-50(27-33-73)60(93)81-51-29-37-76-67(100)57(43(4)88)86-64(97)52(28-36-75-56(91)40-74-34-17-18-35-77-69(102)103-41-46-21-14-11-15-22-46)82-59(92)48(25-31-71)80-65(98)53(38-42(2)3)84-66(99)54(39-45-19-12-10-13-20-45)85-61(94)49(26-32-72)79-62(51)95/h10-15,19-22,42-44,47-54,57-58,74,88-89H,6-9,16-18,23-41,70-73H2,1-5H3,(H,75,91)(H,76,100)(H,77,102)(H,78,90)(H,79,95)(H,80,98)(H,81,93)(H,82,92)(H,83,101)(H,84,99)(H,85,94)(H,86,97)(H,87,96)/t43-,44-,47+,48+,49+,50+,51+,52+,53+,54-,57+,58+/m1/s1. The summed E-state index contributed by atoms with van der Waals surface area (Å²) >= 11 is 0. The van der Waals surface area contributed by atoms with Crippen molar-refractivity contribution in [2.45, 2.75) is 217 Å². The number of rotatable bonds is 39. The molecule has 34 nitrogen and oxygen atoms in total. The number of aliphatic hydroxyl groups excluding tert-OH is 2. The number of nitrogens with one attached hydrogen (secondary N) is 14. The third-order valence-corrected chi connectivity index (χ3v) is 16.6. The monoisotopic (exact) mass is 1450 g/mol. The van der Waals surface area contributed by atoms with Gasteiger partial charge in [-0.25, -0.2) is 4.79 Å². The summed E-state index contributed by atoms with van der Waals surface area (Å²) in [5, 5.41) is 58.5. The van der Waals surface area contributed by atoms with Crippen LogP contribution in [0.3, 0.4) is 0 Å². The predicted octanol–water partition coefficient (Wildman–Crippen LogP) is -4.04. The number of unbranched alkanes of at least 4 members (excludes halogenated alkanes) is 5. The highest BCUT2D eigenvalue weighted by Gasteiger charge is 2.38. The van der Waals surface area contributed by atoms with Gasteiger partial charge in [0.25, 0.3) is 0 Å². The summed E-state index contributed by atoms with van der Waals surface area (Å²) < 4.78 is 5.22. The third kappa shape index (κ3) is 34.7. The Morgan fingerprint density at radius 1 is 0.534 bits per heavy atom. The van der Waals surface area contributed by atoms with Crippen LogP contribution < -0.4 is 97.4 Å². The molecule has 3 rings (SSSR count). The molecule has 1 heterocycles. The van der Waals surface area contributed by atoms with E-state index in [1.807, 2.05) is 30.3 Å². The van der Waals surface area contributed by atoms with Gasteiger partial charge < -0.3 is 112 Å². The first-order valence-electron chi connectivity index (χ1n) is 35.7. The lowest BCUT2D eigenvalue weighted by molar-refractivity contribution is -0.137. The summed E-state index contributed by atoms with van der Waals surface area (Å²) in [5.74, 6) is -11.0. The first-order valence-corrected chi connectivity index (χ1v) is 35.7. The van der Waals surface area contributed by atoms with Crippen LogP contribution in [0.15, 0.2) is 60.7 Å². The van der Waals surface area contributed by atoms with Gasteiger partial charge >= 0.3 is 6.09 Å². The summed E-state index contributed by atoms with van der Waals surface area (Å²) in [6.45, 7) is 7.13. The molecule has 103 heavy (non-hydrogen) atoms. The van der Waals surface area contributed by atoms with Crippen molar-refractivity contribution in [2.24, 2.45) is 28.9 Å². The molecule has 1 aliphatic heterocycles. The highest BCUT2D eigenvalue weighted by molar-refractivity contribution is 5.99. The number of alkyl carbamates (subject to hydrolysis) is 1. The maximum Gasteiger partial charge on any atom is 0.407 e. The lowest BCUT2D eigenvalue weighted by Gasteiger charge is -2.29. The first-order chi connectivity index (χ1) is 49.2. The Kier molecular flexibility index (Phi) is 42.5. The Labute approximate surface area is 602 Å². The second-order valence-electron chi connectivity index (χ2n) is 25.9. The van der Waals surface area contributed by atoms with E-state index in [0.717, 1.165) is 31.2 Å². The van der Waals surface area contributed by atoms with Crippen molar-refractivity contribution >= 4 is 77.0 Å². The minimum Gasteiger partial charge on any atom is -0.445 e. The SMILES string of the molecule is CCCCCCCC(=O)N[C@@H](CCN)C(=O)N[C@H](C(=O)N[C@@H](CCN)C(=O)N[C@H]1CCNC(=O)[C@H]([C@@H](C)O)NC(=O)[C@H](CCNC(=O)CNCCCCNC(=O)OCc2ccccc2)NC(=O)[C@H](CCN)NC(=O)[C@H](CC(C)C)NC(=O)[C@@H](Cc2ccccc2)NC(=O)[C@H](CCN)NC1=O)[C@@H](C)O. The quantitative estimate of drug-likeness (QED) is 0.0283. The third-order valence-electron chi connectivity index (χ3n) is 16.6. The van der Waals surface area contributed by atoms with E-state index >= 15 is 0 Å². The van der Waals surface area contributed by atoms with Crippen molar-refractivity contribution in [3.05, 3.63) is 71.8 Å². The van der Waals surface area contributed by atoms with E-state index in [2.05, 4.69) is 81.4 Å². The number of benzene rings is 2. The number of carbonyl (C=O) groups excluding carboxylic acids is 13. The van der Waals surface area contributed by atoms with Crippen LogP contribution in [-0.4, -0.2) is 219 Å². The zero-order valence-electron chi connectivity index (χ0n) is 60.1. The Bertz CT molecular complexity index is 2990. The summed E-state index contributed by atoms with van der Waals surface area (Å²) in [6, 6.07) is 2.20. The first kappa shape index (κ1) is 88.3. The minimum absolute atomic E-state index is 0.00539. The number of hydrogen-bond donors (Lipinski definition) is 20. The van der Waals surface area contributed by atoms with Gasteiger partial charge in [-0.2, -0.15) is 0 Å². The zero-order chi connectivity index (χ0) is 76.2. The molecule has 34 heteroatoms. The molecule has 2 aromatic rings. The Morgan fingerprint density at radius 3 is 1.65 bits per heavy atom. The van der Waals surface area contributed by atoms with Gasteiger partial charge in [0.2, 0.25) is 70.9 Å². The maximum atomic E-state index is 14.7. The summed E-state index contributed by atoms with van der Waals surface area (Å²) in [7, 11) is 0. The summed E-state index contributed by atoms with van der Waals surface area (Å²) in [4.78, 5) is 182. The molecule has 24 N–H and O–H groups in total.